The van der Waals surface area contributed by atoms with Crippen molar-refractivity contribution < 1.29 is 19.1 Å². The zero-order valence-corrected chi connectivity index (χ0v) is 35.6. The number of amides is 2. The lowest BCUT2D eigenvalue weighted by molar-refractivity contribution is -0.129. The third-order valence-electron chi connectivity index (χ3n) is 10.9. The highest BCUT2D eigenvalue weighted by Crippen LogP contribution is 2.18. The van der Waals surface area contributed by atoms with Gasteiger partial charge in [-0.3, -0.25) is 9.59 Å². The molecule has 0 unspecified atom stereocenters. The summed E-state index contributed by atoms with van der Waals surface area (Å²) in [5, 5.41) is 5.93. The Kier molecular flexibility index (Phi) is 35.8. The van der Waals surface area contributed by atoms with Crippen LogP contribution >= 0.6 is 0 Å². The van der Waals surface area contributed by atoms with E-state index < -0.39 is 6.09 Å². The largest absolute Gasteiger partial charge is 0.445 e. The van der Waals surface area contributed by atoms with E-state index in [4.69, 9.17) is 4.74 Å². The predicted molar refractivity (Wildman–Crippen MR) is 230 cm³/mol. The molecule has 0 radical (unpaired) electrons. The summed E-state index contributed by atoms with van der Waals surface area (Å²) in [6.45, 7) is 5.86. The SMILES string of the molecule is CCCCCCCCCCCCCCCCCCCCCC(=O)C[C@@H](CCCNC(=O)OCc1ccccc1)C(=O)NCCCCCCCCCCCC. The minimum atomic E-state index is -0.457. The number of alkyl carbamates (subject to hydrolysis) is 1. The minimum absolute atomic E-state index is 0.0147. The highest BCUT2D eigenvalue weighted by atomic mass is 16.5. The average molecular weight is 755 g/mol. The van der Waals surface area contributed by atoms with Gasteiger partial charge in [-0.25, -0.2) is 4.79 Å². The van der Waals surface area contributed by atoms with Crippen molar-refractivity contribution in [1.82, 2.24) is 10.6 Å². The Morgan fingerprint density at radius 1 is 0.500 bits per heavy atom. The number of unbranched alkanes of at least 4 members (excludes halogenated alkanes) is 27. The second-order valence-electron chi connectivity index (χ2n) is 16.2. The van der Waals surface area contributed by atoms with Crippen LogP contribution in [0.5, 0.6) is 0 Å². The maximum Gasteiger partial charge on any atom is 0.407 e. The van der Waals surface area contributed by atoms with Gasteiger partial charge in [0.1, 0.15) is 12.4 Å². The summed E-state index contributed by atoms with van der Waals surface area (Å²) in [5.74, 6) is -0.168. The van der Waals surface area contributed by atoms with Crippen molar-refractivity contribution >= 4 is 17.8 Å². The molecule has 312 valence electrons. The summed E-state index contributed by atoms with van der Waals surface area (Å²) in [4.78, 5) is 38.4. The first-order valence-corrected chi connectivity index (χ1v) is 23.3. The van der Waals surface area contributed by atoms with Crippen LogP contribution in [0.4, 0.5) is 4.79 Å². The first-order chi connectivity index (χ1) is 26.6. The topological polar surface area (TPSA) is 84.5 Å². The molecule has 1 rings (SSSR count). The quantitative estimate of drug-likeness (QED) is 0.0653. The van der Waals surface area contributed by atoms with Gasteiger partial charge in [0.05, 0.1) is 0 Å². The Morgan fingerprint density at radius 2 is 0.907 bits per heavy atom. The molecule has 0 aliphatic heterocycles. The lowest BCUT2D eigenvalue weighted by Crippen LogP contribution is -2.33. The van der Waals surface area contributed by atoms with E-state index in [-0.39, 0.29) is 24.2 Å². The predicted octanol–water partition coefficient (Wildman–Crippen LogP) is 14.1. The van der Waals surface area contributed by atoms with Gasteiger partial charge in [0, 0.05) is 31.8 Å². The van der Waals surface area contributed by atoms with E-state index in [2.05, 4.69) is 24.5 Å². The Bertz CT molecular complexity index is 984. The van der Waals surface area contributed by atoms with Gasteiger partial charge in [0.2, 0.25) is 5.91 Å². The van der Waals surface area contributed by atoms with E-state index in [9.17, 15) is 14.4 Å². The number of hydrogen-bond donors (Lipinski definition) is 2. The Morgan fingerprint density at radius 3 is 1.37 bits per heavy atom. The number of ether oxygens (including phenoxy) is 1. The maximum absolute atomic E-state index is 13.2. The van der Waals surface area contributed by atoms with Gasteiger partial charge in [-0.1, -0.05) is 218 Å². The van der Waals surface area contributed by atoms with Crippen LogP contribution in [-0.4, -0.2) is 30.9 Å². The summed E-state index contributed by atoms with van der Waals surface area (Å²) in [6, 6.07) is 9.61. The van der Waals surface area contributed by atoms with Gasteiger partial charge in [-0.05, 0) is 31.2 Å². The molecule has 6 nitrogen and oxygen atoms in total. The second-order valence-corrected chi connectivity index (χ2v) is 16.2. The van der Waals surface area contributed by atoms with Gasteiger partial charge < -0.3 is 15.4 Å². The molecule has 0 fully saturated rings. The Hall–Kier alpha value is -2.37. The summed E-state index contributed by atoms with van der Waals surface area (Å²) in [7, 11) is 0. The number of hydrogen-bond acceptors (Lipinski definition) is 4. The molecule has 0 aliphatic rings. The molecule has 6 heteroatoms. The molecule has 2 N–H and O–H groups in total. The van der Waals surface area contributed by atoms with Crippen molar-refractivity contribution in [2.45, 2.75) is 232 Å². The van der Waals surface area contributed by atoms with Crippen molar-refractivity contribution in [1.29, 1.82) is 0 Å². The molecule has 1 aromatic rings. The molecule has 0 aliphatic carbocycles. The van der Waals surface area contributed by atoms with Crippen LogP contribution in [0, 0.1) is 5.92 Å². The fourth-order valence-electron chi connectivity index (χ4n) is 7.38. The van der Waals surface area contributed by atoms with E-state index in [1.807, 2.05) is 30.3 Å². The average Bonchev–Trinajstić information content (AvgIpc) is 3.18. The van der Waals surface area contributed by atoms with E-state index in [1.165, 1.54) is 161 Å². The summed E-state index contributed by atoms with van der Waals surface area (Å²) in [5.41, 5.74) is 0.940. The van der Waals surface area contributed by atoms with Gasteiger partial charge in [-0.2, -0.15) is 0 Å². The highest BCUT2D eigenvalue weighted by Gasteiger charge is 2.21. The van der Waals surface area contributed by atoms with Crippen LogP contribution in [0.2, 0.25) is 0 Å². The van der Waals surface area contributed by atoms with Crippen LogP contribution in [-0.2, 0) is 20.9 Å². The van der Waals surface area contributed by atoms with Crippen LogP contribution in [0.25, 0.3) is 0 Å². The molecule has 0 saturated carbocycles. The van der Waals surface area contributed by atoms with Crippen LogP contribution in [0.1, 0.15) is 231 Å². The molecule has 2 amide bonds. The van der Waals surface area contributed by atoms with E-state index in [0.29, 0.717) is 38.8 Å². The number of ketones is 1. The van der Waals surface area contributed by atoms with Crippen LogP contribution in [0.3, 0.4) is 0 Å². The number of benzene rings is 1. The third kappa shape index (κ3) is 33.0. The number of carbonyl (C=O) groups excluding carboxylic acids is 3. The Labute approximate surface area is 333 Å². The zero-order chi connectivity index (χ0) is 39.0. The summed E-state index contributed by atoms with van der Waals surface area (Å²) in [6.07, 6.45) is 39.6. The molecule has 0 bridgehead atoms. The highest BCUT2D eigenvalue weighted by molar-refractivity contribution is 5.86. The first-order valence-electron chi connectivity index (χ1n) is 23.3. The van der Waals surface area contributed by atoms with Crippen molar-refractivity contribution in [3.05, 3.63) is 35.9 Å². The molecule has 0 spiro atoms. The molecule has 0 heterocycles. The fourth-order valence-corrected chi connectivity index (χ4v) is 7.38. The molecule has 1 atom stereocenters. The summed E-state index contributed by atoms with van der Waals surface area (Å²) < 4.78 is 5.32. The van der Waals surface area contributed by atoms with Crippen LogP contribution < -0.4 is 10.6 Å². The zero-order valence-electron chi connectivity index (χ0n) is 35.6. The third-order valence-corrected chi connectivity index (χ3v) is 10.9. The van der Waals surface area contributed by atoms with Gasteiger partial charge in [-0.15, -0.1) is 0 Å². The molecule has 0 saturated heterocycles. The molecular formula is C48H86N2O4. The van der Waals surface area contributed by atoms with Gasteiger partial charge in [0.25, 0.3) is 0 Å². The van der Waals surface area contributed by atoms with E-state index in [0.717, 1.165) is 31.2 Å². The van der Waals surface area contributed by atoms with Crippen molar-refractivity contribution in [2.75, 3.05) is 13.1 Å². The lowest BCUT2D eigenvalue weighted by atomic mass is 9.93. The second kappa shape index (κ2) is 38.9. The van der Waals surface area contributed by atoms with E-state index >= 15 is 0 Å². The maximum atomic E-state index is 13.2. The van der Waals surface area contributed by atoms with Gasteiger partial charge >= 0.3 is 6.09 Å². The first kappa shape index (κ1) is 49.6. The molecule has 54 heavy (non-hydrogen) atoms. The van der Waals surface area contributed by atoms with Gasteiger partial charge in [0.15, 0.2) is 0 Å². The Balaban J connectivity index is 2.20. The number of carbonyl (C=O) groups is 3. The molecule has 0 aromatic heterocycles. The van der Waals surface area contributed by atoms with Crippen molar-refractivity contribution in [3.63, 3.8) is 0 Å². The minimum Gasteiger partial charge on any atom is -0.445 e. The number of Topliss-reactive ketones (excluding diaryl/α,β-unsaturated/α-hetero) is 1. The molecule has 1 aromatic carbocycles. The molecular weight excluding hydrogens is 669 g/mol. The van der Waals surface area contributed by atoms with E-state index in [1.54, 1.807) is 0 Å². The standard InChI is InChI=1S/C48H86N2O4/c1-3-5-7-9-11-13-15-16-17-18-19-20-21-22-23-24-26-28-33-39-46(51)42-45(38-35-41-50-48(53)54-43-44-36-31-30-32-37-44)47(52)49-40-34-29-27-25-14-12-10-8-6-4-2/h30-32,36-37,45H,3-29,33-35,38-43H2,1-2H3,(H,49,52)(H,50,53)/t45-/m1/s1. The van der Waals surface area contributed by atoms with Crippen LogP contribution in [0.15, 0.2) is 30.3 Å². The monoisotopic (exact) mass is 755 g/mol. The number of rotatable bonds is 40. The fraction of sp³-hybridized carbons (Fsp3) is 0.812. The lowest BCUT2D eigenvalue weighted by Gasteiger charge is -2.17. The number of nitrogens with one attached hydrogen (secondary N) is 2. The summed E-state index contributed by atoms with van der Waals surface area (Å²) >= 11 is 0. The van der Waals surface area contributed by atoms with Crippen molar-refractivity contribution in [3.8, 4) is 0 Å². The van der Waals surface area contributed by atoms with Crippen molar-refractivity contribution in [2.24, 2.45) is 5.92 Å². The smallest absolute Gasteiger partial charge is 0.407 e. The normalized spacial score (nSPS) is 11.7.